The first-order valence-electron chi connectivity index (χ1n) is 8.62. The topological polar surface area (TPSA) is 52.3 Å². The van der Waals surface area contributed by atoms with Crippen molar-refractivity contribution in [2.75, 3.05) is 0 Å². The number of Topliss-reactive ketones (excluding diaryl/α,β-unsaturated/α-hetero) is 1. The van der Waals surface area contributed by atoms with Crippen molar-refractivity contribution in [1.29, 1.82) is 0 Å². The van der Waals surface area contributed by atoms with Crippen molar-refractivity contribution in [1.82, 2.24) is 4.98 Å². The molecule has 0 saturated carbocycles. The molecule has 0 saturated heterocycles. The lowest BCUT2D eigenvalue weighted by atomic mass is 10.1. The second-order valence-corrected chi connectivity index (χ2v) is 6.09. The van der Waals surface area contributed by atoms with E-state index in [-0.39, 0.29) is 18.1 Å². The van der Waals surface area contributed by atoms with Crippen molar-refractivity contribution in [2.24, 2.45) is 0 Å². The van der Waals surface area contributed by atoms with E-state index >= 15 is 0 Å². The lowest BCUT2D eigenvalue weighted by molar-refractivity contribution is -0.683. The number of benzene rings is 1. The number of nitrogens with zero attached hydrogens (tertiary/aromatic N) is 2. The summed E-state index contributed by atoms with van der Waals surface area (Å²) in [5.41, 5.74) is 2.19. The standard InChI is InChI=1S/C21H19F2N2O3/c1-15-3-2-4-17(24-15)14-27-18-9-11-25(12-10-18)13-20(26)16-5-7-19(8-6-16)28-21(22)23/h2-12,21H,13-14H2,1H3/q+1. The van der Waals surface area contributed by atoms with E-state index in [1.807, 2.05) is 25.1 Å². The summed E-state index contributed by atoms with van der Waals surface area (Å²) in [6, 6.07) is 14.9. The fourth-order valence-corrected chi connectivity index (χ4v) is 2.56. The summed E-state index contributed by atoms with van der Waals surface area (Å²) in [4.78, 5) is 16.7. The molecule has 0 unspecified atom stereocenters. The minimum atomic E-state index is -2.89. The van der Waals surface area contributed by atoms with Crippen LogP contribution < -0.4 is 14.0 Å². The van der Waals surface area contributed by atoms with Crippen LogP contribution in [-0.2, 0) is 13.2 Å². The van der Waals surface area contributed by atoms with Crippen LogP contribution in [-0.4, -0.2) is 17.4 Å². The van der Waals surface area contributed by atoms with E-state index in [2.05, 4.69) is 9.72 Å². The number of pyridine rings is 2. The van der Waals surface area contributed by atoms with Crippen molar-refractivity contribution in [3.8, 4) is 11.5 Å². The first-order valence-corrected chi connectivity index (χ1v) is 8.62. The number of hydrogen-bond acceptors (Lipinski definition) is 4. The van der Waals surface area contributed by atoms with Crippen molar-refractivity contribution in [3.05, 3.63) is 83.9 Å². The second kappa shape index (κ2) is 9.03. The van der Waals surface area contributed by atoms with Gasteiger partial charge in [0.25, 0.3) is 0 Å². The Morgan fingerprint density at radius 2 is 1.75 bits per heavy atom. The van der Waals surface area contributed by atoms with Gasteiger partial charge in [0.1, 0.15) is 18.1 Å². The largest absolute Gasteiger partial charge is 0.487 e. The minimum Gasteiger partial charge on any atom is -0.487 e. The highest BCUT2D eigenvalue weighted by Gasteiger charge is 2.13. The third-order valence-electron chi connectivity index (χ3n) is 3.92. The summed E-state index contributed by atoms with van der Waals surface area (Å²) in [5, 5.41) is 0. The van der Waals surface area contributed by atoms with E-state index < -0.39 is 6.61 Å². The second-order valence-electron chi connectivity index (χ2n) is 6.09. The monoisotopic (exact) mass is 385 g/mol. The highest BCUT2D eigenvalue weighted by atomic mass is 19.3. The molecule has 144 valence electrons. The fourth-order valence-electron chi connectivity index (χ4n) is 2.56. The summed E-state index contributed by atoms with van der Waals surface area (Å²) >= 11 is 0. The Hall–Kier alpha value is -3.35. The Labute approximate surface area is 161 Å². The average molecular weight is 385 g/mol. The molecule has 1 aromatic carbocycles. The van der Waals surface area contributed by atoms with E-state index in [0.29, 0.717) is 17.9 Å². The number of carbonyl (C=O) groups excluding carboxylic acids is 1. The van der Waals surface area contributed by atoms with Gasteiger partial charge in [-0.1, -0.05) is 6.07 Å². The van der Waals surface area contributed by atoms with Crippen molar-refractivity contribution >= 4 is 5.78 Å². The molecule has 7 heteroatoms. The zero-order valence-electron chi connectivity index (χ0n) is 15.2. The Bertz CT molecular complexity index is 929. The number of alkyl halides is 2. The zero-order valence-corrected chi connectivity index (χ0v) is 15.2. The number of rotatable bonds is 8. The fraction of sp³-hybridized carbons (Fsp3) is 0.190. The van der Waals surface area contributed by atoms with Crippen molar-refractivity contribution in [3.63, 3.8) is 0 Å². The van der Waals surface area contributed by atoms with Gasteiger partial charge in [-0.2, -0.15) is 13.3 Å². The first-order chi connectivity index (χ1) is 13.5. The Kier molecular flexibility index (Phi) is 6.26. The van der Waals surface area contributed by atoms with E-state index in [1.165, 1.54) is 24.3 Å². The Morgan fingerprint density at radius 1 is 1.04 bits per heavy atom. The average Bonchev–Trinajstić information content (AvgIpc) is 2.67. The van der Waals surface area contributed by atoms with Gasteiger partial charge >= 0.3 is 6.61 Å². The van der Waals surface area contributed by atoms with Gasteiger partial charge in [-0.25, -0.2) is 0 Å². The normalized spacial score (nSPS) is 10.7. The summed E-state index contributed by atoms with van der Waals surface area (Å²) in [5.74, 6) is 0.538. The molecule has 2 aromatic heterocycles. The van der Waals surface area contributed by atoms with Crippen LogP contribution in [0.4, 0.5) is 8.78 Å². The van der Waals surface area contributed by atoms with Crippen LogP contribution in [0, 0.1) is 6.92 Å². The van der Waals surface area contributed by atoms with Crippen LogP contribution in [0.25, 0.3) is 0 Å². The summed E-state index contributed by atoms with van der Waals surface area (Å²) in [7, 11) is 0. The highest BCUT2D eigenvalue weighted by molar-refractivity contribution is 5.95. The summed E-state index contributed by atoms with van der Waals surface area (Å²) < 4.78 is 36.0. The number of ether oxygens (including phenoxy) is 2. The molecule has 0 radical (unpaired) electrons. The molecule has 0 amide bonds. The van der Waals surface area contributed by atoms with Crippen LogP contribution in [0.15, 0.2) is 67.0 Å². The molecule has 2 heterocycles. The van der Waals surface area contributed by atoms with Gasteiger partial charge in [0.2, 0.25) is 12.3 Å². The van der Waals surface area contributed by atoms with E-state index in [0.717, 1.165) is 11.4 Å². The maximum atomic E-state index is 12.3. The van der Waals surface area contributed by atoms with E-state index in [4.69, 9.17) is 4.74 Å². The SMILES string of the molecule is Cc1cccc(COc2cc[n+](CC(=O)c3ccc(OC(F)F)cc3)cc2)n1. The molecule has 28 heavy (non-hydrogen) atoms. The van der Waals surface area contributed by atoms with Crippen molar-refractivity contribution in [2.45, 2.75) is 26.7 Å². The van der Waals surface area contributed by atoms with E-state index in [1.54, 1.807) is 29.1 Å². The van der Waals surface area contributed by atoms with Crippen LogP contribution in [0.2, 0.25) is 0 Å². The number of ketones is 1. The van der Waals surface area contributed by atoms with Gasteiger partial charge in [-0.05, 0) is 43.3 Å². The third kappa shape index (κ3) is 5.57. The third-order valence-corrected chi connectivity index (χ3v) is 3.92. The Morgan fingerprint density at radius 3 is 2.39 bits per heavy atom. The van der Waals surface area contributed by atoms with Gasteiger partial charge in [-0.15, -0.1) is 0 Å². The maximum absolute atomic E-state index is 12.3. The van der Waals surface area contributed by atoms with Crippen LogP contribution in [0.1, 0.15) is 21.7 Å². The summed E-state index contributed by atoms with van der Waals surface area (Å²) in [6.07, 6.45) is 3.48. The quantitative estimate of drug-likeness (QED) is 0.438. The van der Waals surface area contributed by atoms with Gasteiger partial charge in [-0.3, -0.25) is 9.78 Å². The number of aromatic nitrogens is 2. The van der Waals surface area contributed by atoms with Crippen LogP contribution in [0.5, 0.6) is 11.5 Å². The first kappa shape index (κ1) is 19.4. The van der Waals surface area contributed by atoms with Crippen molar-refractivity contribution < 1.29 is 27.6 Å². The highest BCUT2D eigenvalue weighted by Crippen LogP contribution is 2.15. The molecule has 0 bridgehead atoms. The van der Waals surface area contributed by atoms with Gasteiger partial charge in [0.15, 0.2) is 12.4 Å². The lowest BCUT2D eigenvalue weighted by Gasteiger charge is -2.06. The molecule has 3 rings (SSSR count). The summed E-state index contributed by atoms with van der Waals surface area (Å²) in [6.45, 7) is -0.489. The van der Waals surface area contributed by atoms with Crippen LogP contribution in [0.3, 0.4) is 0 Å². The van der Waals surface area contributed by atoms with Gasteiger partial charge < -0.3 is 9.47 Å². The number of carbonyl (C=O) groups is 1. The predicted molar refractivity (Wildman–Crippen MR) is 97.3 cm³/mol. The number of halogens is 2. The molecular formula is C21H19F2N2O3+. The van der Waals surface area contributed by atoms with Gasteiger partial charge in [0.05, 0.1) is 5.69 Å². The van der Waals surface area contributed by atoms with Gasteiger partial charge in [0, 0.05) is 23.4 Å². The maximum Gasteiger partial charge on any atom is 0.387 e. The molecule has 0 fully saturated rings. The molecule has 0 aliphatic carbocycles. The molecule has 0 atom stereocenters. The molecule has 5 nitrogen and oxygen atoms in total. The molecule has 0 spiro atoms. The minimum absolute atomic E-state index is 0.0174. The lowest BCUT2D eigenvalue weighted by Crippen LogP contribution is -2.36. The van der Waals surface area contributed by atoms with Crippen LogP contribution >= 0.6 is 0 Å². The molecular weight excluding hydrogens is 366 g/mol. The molecule has 0 aliphatic heterocycles. The van der Waals surface area contributed by atoms with E-state index in [9.17, 15) is 13.6 Å². The smallest absolute Gasteiger partial charge is 0.387 e. The zero-order chi connectivity index (χ0) is 19.9. The predicted octanol–water partition coefficient (Wildman–Crippen LogP) is 3.74. The Balaban J connectivity index is 1.55. The number of hydrogen-bond donors (Lipinski definition) is 0. The molecule has 0 N–H and O–H groups in total. The molecule has 0 aliphatic rings. The number of aryl methyl sites for hydroxylation is 1. The molecule has 3 aromatic rings.